The van der Waals surface area contributed by atoms with Gasteiger partial charge in [-0.3, -0.25) is 0 Å². The van der Waals surface area contributed by atoms with Gasteiger partial charge in [0.1, 0.15) is 11.7 Å². The van der Waals surface area contributed by atoms with E-state index >= 15 is 0 Å². The fourth-order valence-corrected chi connectivity index (χ4v) is 1.05. The van der Waals surface area contributed by atoms with Gasteiger partial charge in [0.05, 0.1) is 12.3 Å². The van der Waals surface area contributed by atoms with E-state index in [0.717, 1.165) is 18.6 Å². The number of furan rings is 1. The van der Waals surface area contributed by atoms with Crippen molar-refractivity contribution >= 4 is 0 Å². The molecule has 0 amide bonds. The molecule has 2 nitrogen and oxygen atoms in total. The summed E-state index contributed by atoms with van der Waals surface area (Å²) in [4.78, 5) is 0. The first-order valence-electron chi connectivity index (χ1n) is 3.81. The SMILES string of the molecule is CCCC(C#N)c1ccco1. The van der Waals surface area contributed by atoms with Crippen molar-refractivity contribution in [3.8, 4) is 6.07 Å². The third kappa shape index (κ3) is 1.84. The third-order valence-electron chi connectivity index (χ3n) is 1.62. The summed E-state index contributed by atoms with van der Waals surface area (Å²) in [5.41, 5.74) is 0. The lowest BCUT2D eigenvalue weighted by molar-refractivity contribution is 0.481. The standard InChI is InChI=1S/C9H11NO/c1-2-4-8(7-10)9-5-3-6-11-9/h3,5-6,8H,2,4H2,1H3. The lowest BCUT2D eigenvalue weighted by Crippen LogP contribution is -1.91. The van der Waals surface area contributed by atoms with E-state index in [0.29, 0.717) is 0 Å². The molecule has 0 aromatic carbocycles. The van der Waals surface area contributed by atoms with E-state index in [2.05, 4.69) is 13.0 Å². The molecule has 58 valence electrons. The van der Waals surface area contributed by atoms with Crippen LogP contribution in [0.5, 0.6) is 0 Å². The molecule has 0 N–H and O–H groups in total. The zero-order chi connectivity index (χ0) is 8.10. The molecular weight excluding hydrogens is 138 g/mol. The van der Waals surface area contributed by atoms with Gasteiger partial charge in [0.25, 0.3) is 0 Å². The average molecular weight is 149 g/mol. The highest BCUT2D eigenvalue weighted by atomic mass is 16.3. The largest absolute Gasteiger partial charge is 0.468 e. The van der Waals surface area contributed by atoms with Crippen molar-refractivity contribution in [3.05, 3.63) is 24.2 Å². The van der Waals surface area contributed by atoms with Crippen LogP contribution in [0.2, 0.25) is 0 Å². The molecule has 0 spiro atoms. The number of hydrogen-bond donors (Lipinski definition) is 0. The van der Waals surface area contributed by atoms with Crippen LogP contribution in [0, 0.1) is 11.3 Å². The van der Waals surface area contributed by atoms with Gasteiger partial charge in [-0.1, -0.05) is 13.3 Å². The summed E-state index contributed by atoms with van der Waals surface area (Å²) >= 11 is 0. The molecule has 0 bridgehead atoms. The van der Waals surface area contributed by atoms with Gasteiger partial charge in [-0.25, -0.2) is 0 Å². The molecule has 11 heavy (non-hydrogen) atoms. The van der Waals surface area contributed by atoms with Crippen LogP contribution in [-0.4, -0.2) is 0 Å². The summed E-state index contributed by atoms with van der Waals surface area (Å²) in [6, 6.07) is 5.88. The molecule has 2 heteroatoms. The van der Waals surface area contributed by atoms with Gasteiger partial charge in [0.15, 0.2) is 0 Å². The van der Waals surface area contributed by atoms with Crippen molar-refractivity contribution in [2.75, 3.05) is 0 Å². The first-order chi connectivity index (χ1) is 5.38. The van der Waals surface area contributed by atoms with Gasteiger partial charge in [0.2, 0.25) is 0 Å². The molecule has 1 unspecified atom stereocenters. The quantitative estimate of drug-likeness (QED) is 0.662. The highest BCUT2D eigenvalue weighted by Gasteiger charge is 2.10. The van der Waals surface area contributed by atoms with Gasteiger partial charge in [-0.15, -0.1) is 0 Å². The van der Waals surface area contributed by atoms with E-state index in [9.17, 15) is 0 Å². The van der Waals surface area contributed by atoms with Gasteiger partial charge >= 0.3 is 0 Å². The second-order valence-electron chi connectivity index (χ2n) is 2.49. The molecule has 0 aliphatic carbocycles. The summed E-state index contributed by atoms with van der Waals surface area (Å²) in [6.07, 6.45) is 3.50. The zero-order valence-corrected chi connectivity index (χ0v) is 6.58. The second kappa shape index (κ2) is 3.82. The Bertz CT molecular complexity index is 233. The van der Waals surface area contributed by atoms with Gasteiger partial charge < -0.3 is 4.42 Å². The highest BCUT2D eigenvalue weighted by Crippen LogP contribution is 2.19. The van der Waals surface area contributed by atoms with Crippen LogP contribution < -0.4 is 0 Å². The van der Waals surface area contributed by atoms with Gasteiger partial charge in [-0.2, -0.15) is 5.26 Å². The van der Waals surface area contributed by atoms with Crippen molar-refractivity contribution in [2.45, 2.75) is 25.7 Å². The van der Waals surface area contributed by atoms with Crippen LogP contribution >= 0.6 is 0 Å². The van der Waals surface area contributed by atoms with Crippen LogP contribution in [0.25, 0.3) is 0 Å². The summed E-state index contributed by atoms with van der Waals surface area (Å²) in [7, 11) is 0. The first-order valence-corrected chi connectivity index (χ1v) is 3.81. The Morgan fingerprint density at radius 1 is 1.73 bits per heavy atom. The molecule has 0 saturated carbocycles. The Labute approximate surface area is 66.4 Å². The predicted molar refractivity (Wildman–Crippen MR) is 42.0 cm³/mol. The van der Waals surface area contributed by atoms with Crippen molar-refractivity contribution in [1.29, 1.82) is 5.26 Å². The van der Waals surface area contributed by atoms with Crippen molar-refractivity contribution in [1.82, 2.24) is 0 Å². The fraction of sp³-hybridized carbons (Fsp3) is 0.444. The molecule has 0 saturated heterocycles. The molecule has 1 atom stereocenters. The number of rotatable bonds is 3. The van der Waals surface area contributed by atoms with Crippen LogP contribution in [0.1, 0.15) is 31.4 Å². The molecular formula is C9H11NO. The smallest absolute Gasteiger partial charge is 0.120 e. The van der Waals surface area contributed by atoms with Crippen molar-refractivity contribution in [2.24, 2.45) is 0 Å². The molecule has 0 radical (unpaired) electrons. The lowest BCUT2D eigenvalue weighted by atomic mass is 10.0. The minimum Gasteiger partial charge on any atom is -0.468 e. The Hall–Kier alpha value is -1.23. The fourth-order valence-electron chi connectivity index (χ4n) is 1.05. The van der Waals surface area contributed by atoms with E-state index in [1.807, 2.05) is 12.1 Å². The molecule has 1 rings (SSSR count). The average Bonchev–Trinajstić information content (AvgIpc) is 2.52. The van der Waals surface area contributed by atoms with E-state index in [1.54, 1.807) is 6.26 Å². The minimum absolute atomic E-state index is 0.0602. The summed E-state index contributed by atoms with van der Waals surface area (Å²) < 4.78 is 5.12. The van der Waals surface area contributed by atoms with Gasteiger partial charge in [0, 0.05) is 0 Å². The minimum atomic E-state index is -0.0602. The topological polar surface area (TPSA) is 36.9 Å². The third-order valence-corrected chi connectivity index (χ3v) is 1.62. The lowest BCUT2D eigenvalue weighted by Gasteiger charge is -2.01. The van der Waals surface area contributed by atoms with E-state index in [-0.39, 0.29) is 5.92 Å². The van der Waals surface area contributed by atoms with Crippen LogP contribution in [0.15, 0.2) is 22.8 Å². The van der Waals surface area contributed by atoms with E-state index in [4.69, 9.17) is 9.68 Å². The molecule has 1 heterocycles. The summed E-state index contributed by atoms with van der Waals surface area (Å²) in [5.74, 6) is 0.726. The predicted octanol–water partition coefficient (Wildman–Crippen LogP) is 2.69. The number of nitriles is 1. The Kier molecular flexibility index (Phi) is 2.74. The first kappa shape index (κ1) is 7.87. The molecule has 1 aromatic heterocycles. The van der Waals surface area contributed by atoms with Crippen LogP contribution in [0.4, 0.5) is 0 Å². The van der Waals surface area contributed by atoms with Gasteiger partial charge in [-0.05, 0) is 18.6 Å². The highest BCUT2D eigenvalue weighted by molar-refractivity contribution is 5.13. The van der Waals surface area contributed by atoms with Crippen molar-refractivity contribution in [3.63, 3.8) is 0 Å². The molecule has 0 aliphatic heterocycles. The molecule has 0 fully saturated rings. The Balaban J connectivity index is 2.65. The van der Waals surface area contributed by atoms with E-state index < -0.39 is 0 Å². The number of hydrogen-bond acceptors (Lipinski definition) is 2. The van der Waals surface area contributed by atoms with Crippen molar-refractivity contribution < 1.29 is 4.42 Å². The second-order valence-corrected chi connectivity index (χ2v) is 2.49. The summed E-state index contributed by atoms with van der Waals surface area (Å²) in [5, 5.41) is 8.72. The number of nitrogens with zero attached hydrogens (tertiary/aromatic N) is 1. The Morgan fingerprint density at radius 2 is 2.55 bits per heavy atom. The zero-order valence-electron chi connectivity index (χ0n) is 6.58. The van der Waals surface area contributed by atoms with Crippen LogP contribution in [-0.2, 0) is 0 Å². The monoisotopic (exact) mass is 149 g/mol. The maximum Gasteiger partial charge on any atom is 0.120 e. The molecule has 1 aromatic rings. The molecule has 0 aliphatic rings. The van der Waals surface area contributed by atoms with E-state index in [1.165, 1.54) is 0 Å². The Morgan fingerprint density at radius 3 is 3.00 bits per heavy atom. The maximum absolute atomic E-state index is 8.72. The normalized spacial score (nSPS) is 12.4. The van der Waals surface area contributed by atoms with Crippen LogP contribution in [0.3, 0.4) is 0 Å². The maximum atomic E-state index is 8.72. The summed E-state index contributed by atoms with van der Waals surface area (Å²) in [6.45, 7) is 2.06.